The Hall–Kier alpha value is -1.65. The molecule has 0 aromatic carbocycles. The van der Waals surface area contributed by atoms with E-state index in [9.17, 15) is 4.79 Å². The van der Waals surface area contributed by atoms with Crippen LogP contribution in [0.15, 0.2) is 24.0 Å². The standard InChI is InChI=1S/C14H21N3O2/c1-13(2,3)19-12(18)17-8-10-7-14(10,9-17)11-5-4-6-15-16-11/h4-6,10,15-16H,7-9H2,1-3H3. The van der Waals surface area contributed by atoms with Crippen LogP contribution in [0.1, 0.15) is 27.2 Å². The number of nitrogens with one attached hydrogen (secondary N) is 2. The maximum atomic E-state index is 12.1. The number of ether oxygens (including phenoxy) is 1. The minimum atomic E-state index is -0.427. The molecule has 0 spiro atoms. The van der Waals surface area contributed by atoms with Gasteiger partial charge in [-0.2, -0.15) is 0 Å². The van der Waals surface area contributed by atoms with Crippen molar-refractivity contribution in [3.63, 3.8) is 0 Å². The average molecular weight is 263 g/mol. The summed E-state index contributed by atoms with van der Waals surface area (Å²) in [7, 11) is 0. The summed E-state index contributed by atoms with van der Waals surface area (Å²) >= 11 is 0. The second-order valence-corrected chi connectivity index (χ2v) is 6.63. The summed E-state index contributed by atoms with van der Waals surface area (Å²) < 4.78 is 5.44. The highest BCUT2D eigenvalue weighted by molar-refractivity contribution is 5.69. The third kappa shape index (κ3) is 2.17. The molecule has 2 unspecified atom stereocenters. The van der Waals surface area contributed by atoms with Crippen molar-refractivity contribution in [1.29, 1.82) is 0 Å². The molecule has 1 saturated heterocycles. The minimum Gasteiger partial charge on any atom is -0.444 e. The molecule has 3 aliphatic rings. The highest BCUT2D eigenvalue weighted by atomic mass is 16.6. The highest BCUT2D eigenvalue weighted by Gasteiger charge is 2.63. The molecule has 5 heteroatoms. The monoisotopic (exact) mass is 263 g/mol. The first-order valence-electron chi connectivity index (χ1n) is 6.77. The van der Waals surface area contributed by atoms with Crippen molar-refractivity contribution in [2.24, 2.45) is 11.3 Å². The number of likely N-dealkylation sites (tertiary alicyclic amines) is 1. The van der Waals surface area contributed by atoms with Gasteiger partial charge in [-0.3, -0.25) is 0 Å². The Kier molecular flexibility index (Phi) is 2.56. The number of hydrazine groups is 1. The van der Waals surface area contributed by atoms with Crippen LogP contribution >= 0.6 is 0 Å². The van der Waals surface area contributed by atoms with E-state index < -0.39 is 5.60 Å². The Morgan fingerprint density at radius 2 is 2.32 bits per heavy atom. The molecule has 104 valence electrons. The van der Waals surface area contributed by atoms with Crippen LogP contribution in [0.4, 0.5) is 4.79 Å². The van der Waals surface area contributed by atoms with E-state index in [1.54, 1.807) is 0 Å². The van der Waals surface area contributed by atoms with Crippen molar-refractivity contribution in [3.8, 4) is 0 Å². The third-order valence-electron chi connectivity index (χ3n) is 3.98. The number of nitrogens with zero attached hydrogens (tertiary/aromatic N) is 1. The van der Waals surface area contributed by atoms with Gasteiger partial charge in [-0.05, 0) is 45.3 Å². The molecule has 5 nitrogen and oxygen atoms in total. The highest BCUT2D eigenvalue weighted by Crippen LogP contribution is 2.61. The fourth-order valence-corrected chi connectivity index (χ4v) is 3.01. The number of piperidine rings is 1. The molecule has 0 aromatic heterocycles. The maximum absolute atomic E-state index is 12.1. The molecular formula is C14H21N3O2. The summed E-state index contributed by atoms with van der Waals surface area (Å²) in [5, 5.41) is 0. The Bertz CT molecular complexity index is 464. The van der Waals surface area contributed by atoms with E-state index in [0.717, 1.165) is 19.5 Å². The van der Waals surface area contributed by atoms with Gasteiger partial charge in [0.2, 0.25) is 0 Å². The molecule has 1 amide bonds. The largest absolute Gasteiger partial charge is 0.444 e. The Labute approximate surface area is 113 Å². The van der Waals surface area contributed by atoms with Crippen LogP contribution in [0.5, 0.6) is 0 Å². The lowest BCUT2D eigenvalue weighted by Crippen LogP contribution is -2.39. The molecule has 0 aromatic rings. The van der Waals surface area contributed by atoms with Gasteiger partial charge >= 0.3 is 6.09 Å². The second-order valence-electron chi connectivity index (χ2n) is 6.63. The van der Waals surface area contributed by atoms with E-state index in [4.69, 9.17) is 4.74 Å². The summed E-state index contributed by atoms with van der Waals surface area (Å²) in [6.45, 7) is 7.25. The number of hydrogen-bond acceptors (Lipinski definition) is 4. The molecule has 3 rings (SSSR count). The van der Waals surface area contributed by atoms with Crippen LogP contribution in [-0.4, -0.2) is 29.7 Å². The van der Waals surface area contributed by atoms with Crippen molar-refractivity contribution < 1.29 is 9.53 Å². The van der Waals surface area contributed by atoms with Crippen molar-refractivity contribution in [2.75, 3.05) is 13.1 Å². The van der Waals surface area contributed by atoms with Crippen LogP contribution < -0.4 is 10.9 Å². The normalized spacial score (nSPS) is 32.1. The smallest absolute Gasteiger partial charge is 0.410 e. The van der Waals surface area contributed by atoms with E-state index in [1.165, 1.54) is 5.70 Å². The molecule has 0 bridgehead atoms. The molecule has 2 aliphatic heterocycles. The van der Waals surface area contributed by atoms with Gasteiger partial charge in [0.1, 0.15) is 5.60 Å². The minimum absolute atomic E-state index is 0.120. The zero-order chi connectivity index (χ0) is 13.7. The number of rotatable bonds is 1. The van der Waals surface area contributed by atoms with E-state index in [-0.39, 0.29) is 11.5 Å². The van der Waals surface area contributed by atoms with Crippen LogP contribution in [0, 0.1) is 11.3 Å². The fourth-order valence-electron chi connectivity index (χ4n) is 3.01. The van der Waals surface area contributed by atoms with Gasteiger partial charge < -0.3 is 20.5 Å². The quantitative estimate of drug-likeness (QED) is 0.757. The molecule has 1 aliphatic carbocycles. The second kappa shape index (κ2) is 3.92. The fraction of sp³-hybridized carbons (Fsp3) is 0.643. The van der Waals surface area contributed by atoms with Crippen LogP contribution in [0.2, 0.25) is 0 Å². The summed E-state index contributed by atoms with van der Waals surface area (Å²) in [4.78, 5) is 13.9. The first kappa shape index (κ1) is 12.4. The molecular weight excluding hydrogens is 242 g/mol. The van der Waals surface area contributed by atoms with Gasteiger partial charge in [0.05, 0.1) is 0 Å². The molecule has 19 heavy (non-hydrogen) atoms. The van der Waals surface area contributed by atoms with Gasteiger partial charge in [-0.1, -0.05) is 0 Å². The predicted octanol–water partition coefficient (Wildman–Crippen LogP) is 1.75. The molecule has 0 radical (unpaired) electrons. The zero-order valence-corrected chi connectivity index (χ0v) is 11.7. The first-order valence-corrected chi connectivity index (χ1v) is 6.77. The Balaban J connectivity index is 1.67. The number of amides is 1. The van der Waals surface area contributed by atoms with E-state index in [1.807, 2.05) is 37.9 Å². The number of hydrogen-bond donors (Lipinski definition) is 2. The van der Waals surface area contributed by atoms with E-state index >= 15 is 0 Å². The number of allylic oxidation sites excluding steroid dienone is 2. The lowest BCUT2D eigenvalue weighted by molar-refractivity contribution is 0.0265. The van der Waals surface area contributed by atoms with Gasteiger partial charge in [-0.25, -0.2) is 4.79 Å². The summed E-state index contributed by atoms with van der Waals surface area (Å²) in [6, 6.07) is 0. The topological polar surface area (TPSA) is 53.6 Å². The first-order chi connectivity index (χ1) is 8.91. The van der Waals surface area contributed by atoms with E-state index in [0.29, 0.717) is 5.92 Å². The summed E-state index contributed by atoms with van der Waals surface area (Å²) in [6.07, 6.45) is 6.90. The zero-order valence-electron chi connectivity index (χ0n) is 11.7. The molecule has 2 heterocycles. The summed E-state index contributed by atoms with van der Waals surface area (Å²) in [5.41, 5.74) is 7.09. The molecule has 2 atom stereocenters. The van der Waals surface area contributed by atoms with Crippen molar-refractivity contribution in [2.45, 2.75) is 32.8 Å². The van der Waals surface area contributed by atoms with Gasteiger partial charge in [0.25, 0.3) is 0 Å². The average Bonchev–Trinajstić information content (AvgIpc) is 2.91. The molecule has 2 N–H and O–H groups in total. The van der Waals surface area contributed by atoms with Gasteiger partial charge in [0, 0.05) is 30.4 Å². The van der Waals surface area contributed by atoms with Crippen molar-refractivity contribution in [1.82, 2.24) is 15.8 Å². The predicted molar refractivity (Wildman–Crippen MR) is 71.8 cm³/mol. The SMILES string of the molecule is CC(C)(C)OC(=O)N1CC2CC2(C2=CC=CNN2)C1. The van der Waals surface area contributed by atoms with Gasteiger partial charge in [0.15, 0.2) is 0 Å². The summed E-state index contributed by atoms with van der Waals surface area (Å²) in [5.74, 6) is 0.562. The van der Waals surface area contributed by atoms with Crippen LogP contribution in [0.3, 0.4) is 0 Å². The molecule has 1 saturated carbocycles. The van der Waals surface area contributed by atoms with Gasteiger partial charge in [-0.15, -0.1) is 0 Å². The molecule has 2 fully saturated rings. The Morgan fingerprint density at radius 3 is 2.95 bits per heavy atom. The van der Waals surface area contributed by atoms with E-state index in [2.05, 4.69) is 16.9 Å². The van der Waals surface area contributed by atoms with Crippen molar-refractivity contribution >= 4 is 6.09 Å². The maximum Gasteiger partial charge on any atom is 0.410 e. The Morgan fingerprint density at radius 1 is 1.53 bits per heavy atom. The number of carbonyl (C=O) groups excluding carboxylic acids is 1. The lowest BCUT2D eigenvalue weighted by atomic mass is 10.0. The third-order valence-corrected chi connectivity index (χ3v) is 3.98. The number of fused-ring (bicyclic) bond motifs is 1. The van der Waals surface area contributed by atoms with Crippen molar-refractivity contribution in [3.05, 3.63) is 24.0 Å². The lowest BCUT2D eigenvalue weighted by Gasteiger charge is -2.27. The van der Waals surface area contributed by atoms with Crippen LogP contribution in [-0.2, 0) is 4.74 Å². The van der Waals surface area contributed by atoms with Crippen LogP contribution in [0.25, 0.3) is 0 Å². The number of carbonyl (C=O) groups is 1.